The number of halogens is 2. The third-order valence-corrected chi connectivity index (χ3v) is 10.5. The molecular formula is C29H34Cl2N4O5S2. The zero-order valence-corrected chi connectivity index (χ0v) is 27.0. The number of benzene rings is 1. The lowest BCUT2D eigenvalue weighted by Gasteiger charge is -2.28. The van der Waals surface area contributed by atoms with Crippen molar-refractivity contribution in [3.63, 3.8) is 0 Å². The van der Waals surface area contributed by atoms with Gasteiger partial charge in [-0.05, 0) is 64.8 Å². The van der Waals surface area contributed by atoms with E-state index >= 15 is 0 Å². The average molecular weight is 654 g/mol. The first kappa shape index (κ1) is 31.6. The fourth-order valence-electron chi connectivity index (χ4n) is 5.30. The summed E-state index contributed by atoms with van der Waals surface area (Å²) >= 11 is 12.7. The number of ketones is 1. The van der Waals surface area contributed by atoms with E-state index in [0.717, 1.165) is 16.9 Å². The predicted octanol–water partition coefficient (Wildman–Crippen LogP) is 5.53. The molecule has 6 atom stereocenters. The summed E-state index contributed by atoms with van der Waals surface area (Å²) in [4.78, 5) is 22.8. The molecule has 1 aliphatic carbocycles. The van der Waals surface area contributed by atoms with Gasteiger partial charge in [0.15, 0.2) is 5.79 Å². The number of thiophene rings is 1. The fraction of sp³-hybridized carbons (Fsp3) is 0.483. The smallest absolute Gasteiger partial charge is 0.208 e. The second-order valence-electron chi connectivity index (χ2n) is 11.9. The Morgan fingerprint density at radius 1 is 1.26 bits per heavy atom. The highest BCUT2D eigenvalue weighted by Crippen LogP contribution is 2.43. The maximum Gasteiger partial charge on any atom is 0.208 e. The van der Waals surface area contributed by atoms with Crippen LogP contribution in [0.4, 0.5) is 5.82 Å². The molecule has 42 heavy (non-hydrogen) atoms. The molecule has 0 amide bonds. The van der Waals surface area contributed by atoms with Crippen molar-refractivity contribution in [2.75, 3.05) is 11.9 Å². The first-order chi connectivity index (χ1) is 19.8. The van der Waals surface area contributed by atoms with E-state index in [4.69, 9.17) is 32.7 Å². The van der Waals surface area contributed by atoms with Gasteiger partial charge < -0.3 is 24.4 Å². The molecule has 1 aromatic carbocycles. The molecule has 2 aliphatic rings. The number of rotatable bonds is 9. The second kappa shape index (κ2) is 12.3. The number of carbonyl (C=O) groups excluding carboxylic acids is 1. The van der Waals surface area contributed by atoms with Crippen LogP contribution < -0.4 is 10.0 Å². The van der Waals surface area contributed by atoms with Crippen LogP contribution in [0.2, 0.25) is 9.36 Å². The molecule has 9 nitrogen and oxygen atoms in total. The summed E-state index contributed by atoms with van der Waals surface area (Å²) < 4.78 is 28.4. The van der Waals surface area contributed by atoms with Crippen LogP contribution in [-0.4, -0.2) is 60.8 Å². The Morgan fingerprint density at radius 2 is 2.00 bits per heavy atom. The Balaban J connectivity index is 1.44. The lowest BCUT2D eigenvalue weighted by atomic mass is 10.0. The van der Waals surface area contributed by atoms with Crippen molar-refractivity contribution in [2.45, 2.75) is 75.9 Å². The first-order valence-corrected chi connectivity index (χ1v) is 16.3. The maximum absolute atomic E-state index is 13.9. The fourth-order valence-corrected chi connectivity index (χ4v) is 7.62. The molecule has 2 fully saturated rings. The molecule has 5 rings (SSSR count). The van der Waals surface area contributed by atoms with Gasteiger partial charge in [0.1, 0.15) is 29.0 Å². The summed E-state index contributed by atoms with van der Waals surface area (Å²) in [6, 6.07) is 8.13. The van der Waals surface area contributed by atoms with E-state index in [1.165, 1.54) is 12.5 Å². The molecule has 0 spiro atoms. The molecule has 0 bridgehead atoms. The second-order valence-corrected chi connectivity index (χ2v) is 16.0. The SMILES string of the molecule is CC1(C)O[C@@H]2[C@@H](CO)C[C@@H](Nc3ncncc3C(=O)c3cc([C@@H](N[S+]([O-])C(C)(C)C)c4cccc(Cl)c4)c(Cl)s3)[C@@H]2O1. The highest BCUT2D eigenvalue weighted by molar-refractivity contribution is 7.90. The van der Waals surface area contributed by atoms with Crippen LogP contribution in [0.25, 0.3) is 0 Å². The average Bonchev–Trinajstić information content (AvgIpc) is 3.56. The lowest BCUT2D eigenvalue weighted by molar-refractivity contribution is -0.158. The van der Waals surface area contributed by atoms with Crippen molar-refractivity contribution >= 4 is 57.5 Å². The number of aliphatic hydroxyl groups excluding tert-OH is 1. The van der Waals surface area contributed by atoms with Gasteiger partial charge in [0, 0.05) is 40.7 Å². The van der Waals surface area contributed by atoms with Gasteiger partial charge in [-0.15, -0.1) is 16.1 Å². The minimum Gasteiger partial charge on any atom is -0.598 e. The van der Waals surface area contributed by atoms with Gasteiger partial charge in [-0.3, -0.25) is 4.79 Å². The number of hydrogen-bond acceptors (Lipinski definition) is 10. The molecule has 1 aliphatic heterocycles. The van der Waals surface area contributed by atoms with Crippen molar-refractivity contribution in [1.82, 2.24) is 14.7 Å². The van der Waals surface area contributed by atoms with Crippen LogP contribution in [-0.2, 0) is 20.8 Å². The highest BCUT2D eigenvalue weighted by atomic mass is 35.5. The van der Waals surface area contributed by atoms with Gasteiger partial charge in [0.05, 0.1) is 26.9 Å². The number of nitrogens with zero attached hydrogens (tertiary/aromatic N) is 2. The predicted molar refractivity (Wildman–Crippen MR) is 166 cm³/mol. The minimum atomic E-state index is -1.44. The van der Waals surface area contributed by atoms with E-state index in [0.29, 0.717) is 32.0 Å². The molecule has 0 radical (unpaired) electrons. The number of ether oxygens (including phenoxy) is 2. The minimum absolute atomic E-state index is 0.0351. The van der Waals surface area contributed by atoms with Crippen molar-refractivity contribution in [3.05, 3.63) is 73.8 Å². The van der Waals surface area contributed by atoms with Gasteiger partial charge in [0.2, 0.25) is 5.78 Å². The number of anilines is 1. The number of nitrogens with one attached hydrogen (secondary N) is 2. The number of aliphatic hydroxyl groups is 1. The molecule has 3 heterocycles. The van der Waals surface area contributed by atoms with Crippen LogP contribution in [0.1, 0.15) is 73.4 Å². The largest absolute Gasteiger partial charge is 0.598 e. The van der Waals surface area contributed by atoms with Crippen LogP contribution >= 0.6 is 34.5 Å². The zero-order valence-electron chi connectivity index (χ0n) is 23.9. The maximum atomic E-state index is 13.9. The van der Waals surface area contributed by atoms with E-state index in [1.807, 2.05) is 46.8 Å². The summed E-state index contributed by atoms with van der Waals surface area (Å²) in [7, 11) is 0. The standard InChI is InChI=1S/C29H34Cl2N4O5S2/c1-28(2,3)42(38)35-22(15-7-6-8-17(30)9-15)18-11-21(41-26(18)31)23(37)19-12-32-14-33-27(19)34-20-10-16(13-36)24-25(20)40-29(4,5)39-24/h6-9,11-12,14,16,20,22,24-25,35-36H,10,13H2,1-5H3,(H,32,33,34)/t16-,20-,22+,24-,25+,42?/m1/s1. The van der Waals surface area contributed by atoms with Gasteiger partial charge in [0.25, 0.3) is 0 Å². The summed E-state index contributed by atoms with van der Waals surface area (Å²) in [6.45, 7) is 9.27. The Bertz CT molecular complexity index is 1450. The van der Waals surface area contributed by atoms with E-state index in [1.54, 1.807) is 18.2 Å². The van der Waals surface area contributed by atoms with E-state index < -0.39 is 27.9 Å². The highest BCUT2D eigenvalue weighted by Gasteiger charge is 2.54. The molecular weight excluding hydrogens is 619 g/mol. The van der Waals surface area contributed by atoms with Gasteiger partial charge in [-0.1, -0.05) is 35.3 Å². The molecule has 3 N–H and O–H groups in total. The topological polar surface area (TPSA) is 129 Å². The number of hydrogen-bond donors (Lipinski definition) is 3. The molecule has 1 saturated carbocycles. The normalized spacial score (nSPS) is 24.8. The molecule has 13 heteroatoms. The van der Waals surface area contributed by atoms with E-state index in [2.05, 4.69) is 20.0 Å². The third-order valence-electron chi connectivity index (χ3n) is 7.31. The molecule has 1 unspecified atom stereocenters. The van der Waals surface area contributed by atoms with Gasteiger partial charge >= 0.3 is 0 Å². The Hall–Kier alpha value is -1.80. The number of aromatic nitrogens is 2. The van der Waals surface area contributed by atoms with Crippen molar-refractivity contribution in [3.8, 4) is 0 Å². The number of carbonyl (C=O) groups is 1. The summed E-state index contributed by atoms with van der Waals surface area (Å²) in [6.07, 6.45) is 2.85. The van der Waals surface area contributed by atoms with E-state index in [9.17, 15) is 14.5 Å². The Kier molecular flexibility index (Phi) is 9.26. The molecule has 2 aromatic heterocycles. The number of fused-ring (bicyclic) bond motifs is 1. The monoisotopic (exact) mass is 652 g/mol. The zero-order chi connectivity index (χ0) is 30.4. The summed E-state index contributed by atoms with van der Waals surface area (Å²) in [5, 5.41) is 13.8. The molecule has 226 valence electrons. The summed E-state index contributed by atoms with van der Waals surface area (Å²) in [5.41, 5.74) is 1.65. The lowest BCUT2D eigenvalue weighted by Crippen LogP contribution is -2.41. The third kappa shape index (κ3) is 6.64. The van der Waals surface area contributed by atoms with Crippen molar-refractivity contribution < 1.29 is 23.9 Å². The van der Waals surface area contributed by atoms with Crippen molar-refractivity contribution in [1.29, 1.82) is 0 Å². The van der Waals surface area contributed by atoms with E-state index in [-0.39, 0.29) is 42.1 Å². The van der Waals surface area contributed by atoms with Crippen LogP contribution in [0.15, 0.2) is 42.9 Å². The Morgan fingerprint density at radius 3 is 2.69 bits per heavy atom. The molecule has 1 saturated heterocycles. The van der Waals surface area contributed by atoms with Gasteiger partial charge in [-0.25, -0.2) is 9.97 Å². The van der Waals surface area contributed by atoms with Gasteiger partial charge in [-0.2, -0.15) is 0 Å². The first-order valence-electron chi connectivity index (χ1n) is 13.6. The van der Waals surface area contributed by atoms with Crippen LogP contribution in [0.3, 0.4) is 0 Å². The van der Waals surface area contributed by atoms with Crippen molar-refractivity contribution in [2.24, 2.45) is 5.92 Å². The quantitative estimate of drug-likeness (QED) is 0.202. The van der Waals surface area contributed by atoms with Crippen LogP contribution in [0, 0.1) is 5.92 Å². The Labute approximate surface area is 262 Å². The van der Waals surface area contributed by atoms with Crippen LogP contribution in [0.5, 0.6) is 0 Å². The summed E-state index contributed by atoms with van der Waals surface area (Å²) in [5.74, 6) is -0.837. The molecule has 3 aromatic rings.